The highest BCUT2D eigenvalue weighted by Gasteiger charge is 2.24. The molecule has 2 rings (SSSR count). The van der Waals surface area contributed by atoms with Gasteiger partial charge in [-0.1, -0.05) is 27.7 Å². The Labute approximate surface area is 123 Å². The van der Waals surface area contributed by atoms with Crippen LogP contribution in [0.4, 0.5) is 5.69 Å². The van der Waals surface area contributed by atoms with Crippen LogP contribution in [0.25, 0.3) is 0 Å². The van der Waals surface area contributed by atoms with Crippen LogP contribution < -0.4 is 10.2 Å². The highest BCUT2D eigenvalue weighted by Crippen LogP contribution is 2.32. The van der Waals surface area contributed by atoms with Crippen molar-refractivity contribution in [3.05, 3.63) is 24.0 Å². The third-order valence-electron chi connectivity index (χ3n) is 4.26. The molecule has 3 heteroatoms. The van der Waals surface area contributed by atoms with Crippen LogP contribution >= 0.6 is 0 Å². The van der Waals surface area contributed by atoms with Gasteiger partial charge in [-0.2, -0.15) is 0 Å². The van der Waals surface area contributed by atoms with Gasteiger partial charge in [-0.3, -0.25) is 4.98 Å². The maximum atomic E-state index is 4.30. The normalized spacial score (nSPS) is 19.1. The molecule has 0 aromatic carbocycles. The first kappa shape index (κ1) is 15.3. The van der Waals surface area contributed by atoms with Gasteiger partial charge in [0, 0.05) is 49.3 Å². The van der Waals surface area contributed by atoms with Crippen LogP contribution in [0.5, 0.6) is 0 Å². The van der Waals surface area contributed by atoms with E-state index in [-0.39, 0.29) is 0 Å². The van der Waals surface area contributed by atoms with Gasteiger partial charge < -0.3 is 10.2 Å². The quantitative estimate of drug-likeness (QED) is 0.910. The molecule has 0 bridgehead atoms. The predicted octanol–water partition coefficient (Wildman–Crippen LogP) is 3.60. The van der Waals surface area contributed by atoms with E-state index in [4.69, 9.17) is 0 Å². The van der Waals surface area contributed by atoms with Crippen LogP contribution in [0.2, 0.25) is 0 Å². The summed E-state index contributed by atoms with van der Waals surface area (Å²) in [6.45, 7) is 12.4. The molecule has 1 N–H and O–H groups in total. The van der Waals surface area contributed by atoms with Crippen molar-refractivity contribution in [3.63, 3.8) is 0 Å². The van der Waals surface area contributed by atoms with Crippen LogP contribution in [-0.2, 0) is 6.54 Å². The summed E-state index contributed by atoms with van der Waals surface area (Å²) in [4.78, 5) is 6.85. The Bertz CT molecular complexity index is 426. The minimum Gasteiger partial charge on any atom is -0.371 e. The Kier molecular flexibility index (Phi) is 5.03. The standard InChI is InChI=1S/C17H29N3/c1-14(2)19-13-15-12-18-9-6-16(15)20-10-5-7-17(3,4)8-11-20/h6,9,12,14,19H,5,7-8,10-11,13H2,1-4H3. The monoisotopic (exact) mass is 275 g/mol. The lowest BCUT2D eigenvalue weighted by atomic mass is 9.85. The Morgan fingerprint density at radius 1 is 1.30 bits per heavy atom. The number of nitrogens with zero attached hydrogens (tertiary/aromatic N) is 2. The van der Waals surface area contributed by atoms with E-state index in [2.05, 4.69) is 49.0 Å². The predicted molar refractivity (Wildman–Crippen MR) is 86.1 cm³/mol. The number of hydrogen-bond donors (Lipinski definition) is 1. The second kappa shape index (κ2) is 6.57. The molecule has 1 aromatic rings. The average Bonchev–Trinajstić information content (AvgIpc) is 2.58. The topological polar surface area (TPSA) is 28.2 Å². The van der Waals surface area contributed by atoms with Gasteiger partial charge in [0.05, 0.1) is 0 Å². The first-order valence-electron chi connectivity index (χ1n) is 7.89. The Morgan fingerprint density at radius 3 is 2.85 bits per heavy atom. The number of hydrogen-bond acceptors (Lipinski definition) is 3. The molecule has 0 unspecified atom stereocenters. The first-order valence-corrected chi connectivity index (χ1v) is 7.89. The molecule has 1 fully saturated rings. The molecule has 2 heterocycles. The molecule has 0 saturated carbocycles. The van der Waals surface area contributed by atoms with Crippen molar-refractivity contribution in [1.82, 2.24) is 10.3 Å². The van der Waals surface area contributed by atoms with Gasteiger partial charge in [-0.15, -0.1) is 0 Å². The molecule has 0 aliphatic carbocycles. The molecule has 1 saturated heterocycles. The molecule has 0 atom stereocenters. The van der Waals surface area contributed by atoms with Crippen molar-refractivity contribution < 1.29 is 0 Å². The highest BCUT2D eigenvalue weighted by molar-refractivity contribution is 5.52. The summed E-state index contributed by atoms with van der Waals surface area (Å²) >= 11 is 0. The molecular weight excluding hydrogens is 246 g/mol. The van der Waals surface area contributed by atoms with Gasteiger partial charge >= 0.3 is 0 Å². The smallest absolute Gasteiger partial charge is 0.0442 e. The number of rotatable bonds is 4. The largest absolute Gasteiger partial charge is 0.371 e. The molecule has 1 aliphatic heterocycles. The Balaban J connectivity index is 2.11. The van der Waals surface area contributed by atoms with Crippen LogP contribution in [-0.4, -0.2) is 24.1 Å². The minimum absolute atomic E-state index is 0.484. The fourth-order valence-corrected chi connectivity index (χ4v) is 2.84. The van der Waals surface area contributed by atoms with Gasteiger partial charge in [0.25, 0.3) is 0 Å². The first-order chi connectivity index (χ1) is 9.48. The Hall–Kier alpha value is -1.09. The number of aromatic nitrogens is 1. The second-order valence-electron chi connectivity index (χ2n) is 7.04. The van der Waals surface area contributed by atoms with E-state index in [1.165, 1.54) is 37.1 Å². The van der Waals surface area contributed by atoms with E-state index in [0.717, 1.165) is 13.1 Å². The van der Waals surface area contributed by atoms with Gasteiger partial charge in [0.15, 0.2) is 0 Å². The second-order valence-corrected chi connectivity index (χ2v) is 7.04. The molecule has 0 radical (unpaired) electrons. The molecule has 3 nitrogen and oxygen atoms in total. The number of pyridine rings is 1. The SMILES string of the molecule is CC(C)NCc1cnccc1N1CCCC(C)(C)CC1. The maximum Gasteiger partial charge on any atom is 0.0442 e. The lowest BCUT2D eigenvalue weighted by Crippen LogP contribution is -2.28. The molecule has 1 aliphatic rings. The molecule has 0 spiro atoms. The summed E-state index contributed by atoms with van der Waals surface area (Å²) in [6, 6.07) is 2.68. The summed E-state index contributed by atoms with van der Waals surface area (Å²) in [6.07, 6.45) is 7.82. The zero-order valence-corrected chi connectivity index (χ0v) is 13.4. The Morgan fingerprint density at radius 2 is 2.10 bits per heavy atom. The minimum atomic E-state index is 0.484. The van der Waals surface area contributed by atoms with Crippen LogP contribution in [0.15, 0.2) is 18.5 Å². The van der Waals surface area contributed by atoms with Crippen LogP contribution in [0, 0.1) is 5.41 Å². The molecule has 1 aromatic heterocycles. The van der Waals surface area contributed by atoms with Crippen LogP contribution in [0.3, 0.4) is 0 Å². The van der Waals surface area contributed by atoms with E-state index >= 15 is 0 Å². The van der Waals surface area contributed by atoms with E-state index in [1.807, 2.05) is 12.4 Å². The van der Waals surface area contributed by atoms with E-state index in [0.29, 0.717) is 11.5 Å². The third kappa shape index (κ3) is 4.20. The summed E-state index contributed by atoms with van der Waals surface area (Å²) in [7, 11) is 0. The fraction of sp³-hybridized carbons (Fsp3) is 0.706. The van der Waals surface area contributed by atoms with Crippen molar-refractivity contribution in [2.45, 2.75) is 59.5 Å². The van der Waals surface area contributed by atoms with Crippen molar-refractivity contribution in [3.8, 4) is 0 Å². The molecule has 20 heavy (non-hydrogen) atoms. The summed E-state index contributed by atoms with van der Waals surface area (Å²) in [5.74, 6) is 0. The zero-order valence-electron chi connectivity index (χ0n) is 13.4. The van der Waals surface area contributed by atoms with E-state index < -0.39 is 0 Å². The third-order valence-corrected chi connectivity index (χ3v) is 4.26. The fourth-order valence-electron chi connectivity index (χ4n) is 2.84. The van der Waals surface area contributed by atoms with E-state index in [9.17, 15) is 0 Å². The maximum absolute atomic E-state index is 4.30. The molecule has 0 amide bonds. The lowest BCUT2D eigenvalue weighted by molar-refractivity contribution is 0.325. The molecular formula is C17H29N3. The van der Waals surface area contributed by atoms with E-state index in [1.54, 1.807) is 0 Å². The van der Waals surface area contributed by atoms with Crippen molar-refractivity contribution >= 4 is 5.69 Å². The summed E-state index contributed by atoms with van der Waals surface area (Å²) < 4.78 is 0. The van der Waals surface area contributed by atoms with Gasteiger partial charge in [-0.05, 0) is 30.7 Å². The van der Waals surface area contributed by atoms with Crippen LogP contribution in [0.1, 0.15) is 52.5 Å². The average molecular weight is 275 g/mol. The van der Waals surface area contributed by atoms with Gasteiger partial charge in [0.1, 0.15) is 0 Å². The number of nitrogens with one attached hydrogen (secondary N) is 1. The lowest BCUT2D eigenvalue weighted by Gasteiger charge is -2.27. The van der Waals surface area contributed by atoms with Gasteiger partial charge in [-0.25, -0.2) is 0 Å². The van der Waals surface area contributed by atoms with Crippen molar-refractivity contribution in [2.75, 3.05) is 18.0 Å². The van der Waals surface area contributed by atoms with Crippen molar-refractivity contribution in [1.29, 1.82) is 0 Å². The summed E-state index contributed by atoms with van der Waals surface area (Å²) in [5.41, 5.74) is 3.17. The van der Waals surface area contributed by atoms with Gasteiger partial charge in [0.2, 0.25) is 0 Å². The zero-order chi connectivity index (χ0) is 14.6. The van der Waals surface area contributed by atoms with Crippen molar-refractivity contribution in [2.24, 2.45) is 5.41 Å². The molecule has 112 valence electrons. The summed E-state index contributed by atoms with van der Waals surface area (Å²) in [5, 5.41) is 3.51. The highest BCUT2D eigenvalue weighted by atomic mass is 15.1. The number of anilines is 1.